The lowest BCUT2D eigenvalue weighted by Gasteiger charge is -2.31. The molecule has 0 unspecified atom stereocenters. The molecule has 21 heavy (non-hydrogen) atoms. The molecule has 0 bridgehead atoms. The van der Waals surface area contributed by atoms with Crippen LogP contribution in [0.2, 0.25) is 0 Å². The van der Waals surface area contributed by atoms with Crippen molar-refractivity contribution in [3.8, 4) is 0 Å². The topological polar surface area (TPSA) is 70.7 Å². The largest absolute Gasteiger partial charge is 0.450 e. The van der Waals surface area contributed by atoms with E-state index in [1.807, 2.05) is 6.20 Å². The van der Waals surface area contributed by atoms with E-state index < -0.39 is 0 Å². The predicted molar refractivity (Wildman–Crippen MR) is 79.8 cm³/mol. The Morgan fingerprint density at radius 3 is 2.57 bits per heavy atom. The lowest BCUT2D eigenvalue weighted by Crippen LogP contribution is -2.48. The molecule has 1 aliphatic carbocycles. The molecule has 2 aliphatic rings. The maximum absolute atomic E-state index is 11.8. The summed E-state index contributed by atoms with van der Waals surface area (Å²) in [6.45, 7) is 3.46. The number of piperidine rings is 1. The fraction of sp³-hybridized carbons (Fsp3) is 0.733. The van der Waals surface area contributed by atoms with Gasteiger partial charge in [0.05, 0.1) is 6.61 Å². The summed E-state index contributed by atoms with van der Waals surface area (Å²) in [5, 5.41) is 5.77. The Kier molecular flexibility index (Phi) is 5.90. The van der Waals surface area contributed by atoms with Crippen LogP contribution in [-0.2, 0) is 4.74 Å². The first kappa shape index (κ1) is 15.7. The minimum atomic E-state index is -0.258. The highest BCUT2D eigenvalue weighted by Gasteiger charge is 2.24. The van der Waals surface area contributed by atoms with Crippen molar-refractivity contribution in [2.24, 2.45) is 0 Å². The minimum Gasteiger partial charge on any atom is -0.450 e. The monoisotopic (exact) mass is 295 g/mol. The van der Waals surface area contributed by atoms with Crippen molar-refractivity contribution in [1.82, 2.24) is 15.5 Å². The highest BCUT2D eigenvalue weighted by molar-refractivity contribution is 5.75. The number of nitrogens with one attached hydrogen (secondary N) is 2. The summed E-state index contributed by atoms with van der Waals surface area (Å²) in [4.78, 5) is 25.1. The Morgan fingerprint density at radius 2 is 1.95 bits per heavy atom. The smallest absolute Gasteiger partial charge is 0.409 e. The fourth-order valence-electron chi connectivity index (χ4n) is 2.79. The van der Waals surface area contributed by atoms with E-state index in [0.29, 0.717) is 19.7 Å². The highest BCUT2D eigenvalue weighted by Crippen LogP contribution is 2.22. The number of likely N-dealkylation sites (tertiary alicyclic amines) is 1. The molecule has 1 saturated carbocycles. The zero-order chi connectivity index (χ0) is 15.1. The van der Waals surface area contributed by atoms with E-state index >= 15 is 0 Å². The molecule has 6 nitrogen and oxygen atoms in total. The molecule has 118 valence electrons. The van der Waals surface area contributed by atoms with Gasteiger partial charge in [-0.1, -0.05) is 5.57 Å². The van der Waals surface area contributed by atoms with Crippen molar-refractivity contribution in [3.05, 3.63) is 11.8 Å². The van der Waals surface area contributed by atoms with Gasteiger partial charge in [0.1, 0.15) is 0 Å². The van der Waals surface area contributed by atoms with Gasteiger partial charge in [0.2, 0.25) is 0 Å². The molecule has 1 saturated heterocycles. The van der Waals surface area contributed by atoms with E-state index in [1.54, 1.807) is 11.8 Å². The number of nitrogens with zero attached hydrogens (tertiary/aromatic N) is 1. The summed E-state index contributed by atoms with van der Waals surface area (Å²) in [7, 11) is 0. The van der Waals surface area contributed by atoms with E-state index in [0.717, 1.165) is 25.7 Å². The van der Waals surface area contributed by atoms with Crippen LogP contribution in [0, 0.1) is 0 Å². The summed E-state index contributed by atoms with van der Waals surface area (Å²) in [5.74, 6) is 0. The second-order valence-electron chi connectivity index (χ2n) is 5.59. The third-order valence-corrected chi connectivity index (χ3v) is 4.01. The second-order valence-corrected chi connectivity index (χ2v) is 5.59. The molecule has 6 heteroatoms. The first-order chi connectivity index (χ1) is 10.2. The third-order valence-electron chi connectivity index (χ3n) is 4.01. The average Bonchev–Trinajstić information content (AvgIpc) is 2.99. The first-order valence-corrected chi connectivity index (χ1v) is 7.85. The molecule has 2 fully saturated rings. The van der Waals surface area contributed by atoms with Crippen LogP contribution in [-0.4, -0.2) is 42.8 Å². The lowest BCUT2D eigenvalue weighted by molar-refractivity contribution is 0.0958. The van der Waals surface area contributed by atoms with Gasteiger partial charge in [-0.2, -0.15) is 0 Å². The van der Waals surface area contributed by atoms with Crippen molar-refractivity contribution in [2.45, 2.75) is 51.5 Å². The Hall–Kier alpha value is -1.72. The van der Waals surface area contributed by atoms with Gasteiger partial charge >= 0.3 is 12.1 Å². The summed E-state index contributed by atoms with van der Waals surface area (Å²) in [5.41, 5.74) is 1.32. The third kappa shape index (κ3) is 4.95. The normalized spacial score (nSPS) is 19.3. The molecule has 0 atom stereocenters. The van der Waals surface area contributed by atoms with E-state index in [9.17, 15) is 9.59 Å². The number of hydrogen-bond donors (Lipinski definition) is 2. The van der Waals surface area contributed by atoms with Crippen LogP contribution in [0.25, 0.3) is 0 Å². The van der Waals surface area contributed by atoms with Crippen LogP contribution in [0.4, 0.5) is 9.59 Å². The predicted octanol–water partition coefficient (Wildman–Crippen LogP) is 2.36. The van der Waals surface area contributed by atoms with Crippen molar-refractivity contribution >= 4 is 12.1 Å². The molecule has 0 spiro atoms. The quantitative estimate of drug-likeness (QED) is 0.839. The average molecular weight is 295 g/mol. The molecule has 0 aromatic rings. The zero-order valence-corrected chi connectivity index (χ0v) is 12.7. The minimum absolute atomic E-state index is 0.123. The van der Waals surface area contributed by atoms with Crippen molar-refractivity contribution < 1.29 is 14.3 Å². The van der Waals surface area contributed by atoms with Gasteiger partial charge in [-0.3, -0.25) is 0 Å². The number of amides is 3. The SMILES string of the molecule is CCOC(=O)N1CCC(NC(=O)NC=C2CCCC2)CC1. The Balaban J connectivity index is 1.67. The summed E-state index contributed by atoms with van der Waals surface area (Å²) in [6.07, 6.45) is 7.76. The summed E-state index contributed by atoms with van der Waals surface area (Å²) in [6, 6.07) is -0.0263. The number of hydrogen-bond acceptors (Lipinski definition) is 3. The van der Waals surface area contributed by atoms with Crippen LogP contribution >= 0.6 is 0 Å². The highest BCUT2D eigenvalue weighted by atomic mass is 16.6. The number of urea groups is 1. The Labute approximate surface area is 125 Å². The van der Waals surface area contributed by atoms with Crippen molar-refractivity contribution in [2.75, 3.05) is 19.7 Å². The molecule has 0 aromatic carbocycles. The van der Waals surface area contributed by atoms with Crippen LogP contribution in [0.3, 0.4) is 0 Å². The van der Waals surface area contributed by atoms with Gasteiger partial charge in [0.15, 0.2) is 0 Å². The number of carbonyl (C=O) groups excluding carboxylic acids is 2. The molecular weight excluding hydrogens is 270 g/mol. The Morgan fingerprint density at radius 1 is 1.29 bits per heavy atom. The molecule has 3 amide bonds. The maximum Gasteiger partial charge on any atom is 0.409 e. The van der Waals surface area contributed by atoms with Gasteiger partial charge in [-0.15, -0.1) is 0 Å². The van der Waals surface area contributed by atoms with Crippen LogP contribution in [0.1, 0.15) is 45.4 Å². The summed E-state index contributed by atoms with van der Waals surface area (Å²) < 4.78 is 4.97. The maximum atomic E-state index is 11.8. The van der Waals surface area contributed by atoms with Gasteiger partial charge in [0.25, 0.3) is 0 Å². The number of allylic oxidation sites excluding steroid dienone is 1. The molecule has 0 radical (unpaired) electrons. The fourth-order valence-corrected chi connectivity index (χ4v) is 2.79. The molecule has 2 N–H and O–H groups in total. The van der Waals surface area contributed by atoms with Crippen LogP contribution in [0.15, 0.2) is 11.8 Å². The molecule has 1 heterocycles. The van der Waals surface area contributed by atoms with E-state index in [-0.39, 0.29) is 18.2 Å². The number of rotatable bonds is 3. The van der Waals surface area contributed by atoms with Gasteiger partial charge in [-0.25, -0.2) is 9.59 Å². The number of carbonyl (C=O) groups is 2. The lowest BCUT2D eigenvalue weighted by atomic mass is 10.1. The zero-order valence-electron chi connectivity index (χ0n) is 12.7. The van der Waals surface area contributed by atoms with Gasteiger partial charge in [-0.05, 0) is 45.4 Å². The second kappa shape index (κ2) is 7.90. The van der Waals surface area contributed by atoms with Gasteiger partial charge < -0.3 is 20.3 Å². The van der Waals surface area contributed by atoms with E-state index in [1.165, 1.54) is 18.4 Å². The van der Waals surface area contributed by atoms with Crippen molar-refractivity contribution in [3.63, 3.8) is 0 Å². The van der Waals surface area contributed by atoms with E-state index in [2.05, 4.69) is 10.6 Å². The van der Waals surface area contributed by atoms with E-state index in [4.69, 9.17) is 4.74 Å². The summed E-state index contributed by atoms with van der Waals surface area (Å²) >= 11 is 0. The molecular formula is C15H25N3O3. The number of ether oxygens (including phenoxy) is 1. The van der Waals surface area contributed by atoms with Crippen molar-refractivity contribution in [1.29, 1.82) is 0 Å². The Bertz CT molecular complexity index is 393. The van der Waals surface area contributed by atoms with Gasteiger partial charge in [0, 0.05) is 25.3 Å². The standard InChI is InChI=1S/C15H25N3O3/c1-2-21-15(20)18-9-7-13(8-10-18)17-14(19)16-11-12-5-3-4-6-12/h11,13H,2-10H2,1H3,(H2,16,17,19). The first-order valence-electron chi connectivity index (χ1n) is 7.85. The van der Waals surface area contributed by atoms with Crippen LogP contribution < -0.4 is 10.6 Å². The molecule has 1 aliphatic heterocycles. The molecule has 2 rings (SSSR count). The van der Waals surface area contributed by atoms with Crippen LogP contribution in [0.5, 0.6) is 0 Å². The molecule has 0 aromatic heterocycles.